The standard InChI is InChI=1S/C15H10N2O/c1-18-14-9-7-13(8-10-14)5-2-3-6-15-16-11-4-12-17-15/h4,7-12H,1H3. The average molecular weight is 234 g/mol. The molecule has 86 valence electrons. The first-order valence-corrected chi connectivity index (χ1v) is 5.31. The van der Waals surface area contributed by atoms with Crippen LogP contribution in [0.4, 0.5) is 0 Å². The van der Waals surface area contributed by atoms with Crippen molar-refractivity contribution in [2.45, 2.75) is 0 Å². The van der Waals surface area contributed by atoms with E-state index in [1.54, 1.807) is 25.6 Å². The summed E-state index contributed by atoms with van der Waals surface area (Å²) in [7, 11) is 1.63. The molecular formula is C15H10N2O. The Morgan fingerprint density at radius 2 is 1.61 bits per heavy atom. The van der Waals surface area contributed by atoms with E-state index in [1.807, 2.05) is 24.3 Å². The van der Waals surface area contributed by atoms with E-state index in [1.165, 1.54) is 0 Å². The molecule has 0 amide bonds. The number of aromatic nitrogens is 2. The summed E-state index contributed by atoms with van der Waals surface area (Å²) >= 11 is 0. The molecule has 1 aromatic carbocycles. The van der Waals surface area contributed by atoms with Crippen molar-refractivity contribution in [1.82, 2.24) is 9.97 Å². The molecule has 1 heterocycles. The van der Waals surface area contributed by atoms with Crippen LogP contribution in [0.1, 0.15) is 11.4 Å². The van der Waals surface area contributed by atoms with Crippen LogP contribution in [0.25, 0.3) is 0 Å². The van der Waals surface area contributed by atoms with E-state index in [4.69, 9.17) is 4.74 Å². The summed E-state index contributed by atoms with van der Waals surface area (Å²) in [4.78, 5) is 7.95. The highest BCUT2D eigenvalue weighted by Gasteiger charge is 1.89. The normalized spacial score (nSPS) is 8.50. The summed E-state index contributed by atoms with van der Waals surface area (Å²) in [6.45, 7) is 0. The van der Waals surface area contributed by atoms with Crippen molar-refractivity contribution in [3.8, 4) is 29.4 Å². The van der Waals surface area contributed by atoms with E-state index in [0.29, 0.717) is 5.82 Å². The van der Waals surface area contributed by atoms with Crippen molar-refractivity contribution in [1.29, 1.82) is 0 Å². The van der Waals surface area contributed by atoms with Gasteiger partial charge < -0.3 is 4.74 Å². The fraction of sp³-hybridized carbons (Fsp3) is 0.0667. The van der Waals surface area contributed by atoms with Crippen LogP contribution in [0, 0.1) is 23.7 Å². The maximum atomic E-state index is 5.06. The SMILES string of the molecule is COc1ccc(C#CC#Cc2ncccn2)cc1. The van der Waals surface area contributed by atoms with Gasteiger partial charge in [0.1, 0.15) is 5.75 Å². The lowest BCUT2D eigenvalue weighted by atomic mass is 10.2. The molecule has 18 heavy (non-hydrogen) atoms. The van der Waals surface area contributed by atoms with Crippen LogP contribution in [-0.4, -0.2) is 17.1 Å². The van der Waals surface area contributed by atoms with Crippen LogP contribution < -0.4 is 4.74 Å². The van der Waals surface area contributed by atoms with Gasteiger partial charge in [0.25, 0.3) is 0 Å². The molecule has 0 radical (unpaired) electrons. The molecule has 0 bridgehead atoms. The number of hydrogen-bond donors (Lipinski definition) is 0. The minimum absolute atomic E-state index is 0.474. The first-order valence-electron chi connectivity index (χ1n) is 5.31. The Morgan fingerprint density at radius 3 is 2.28 bits per heavy atom. The van der Waals surface area contributed by atoms with Gasteiger partial charge >= 0.3 is 0 Å². The lowest BCUT2D eigenvalue weighted by molar-refractivity contribution is 0.415. The quantitative estimate of drug-likeness (QED) is 0.707. The highest BCUT2D eigenvalue weighted by Crippen LogP contribution is 2.09. The third-order valence-electron chi connectivity index (χ3n) is 2.10. The number of rotatable bonds is 1. The molecule has 2 rings (SSSR count). The van der Waals surface area contributed by atoms with Gasteiger partial charge in [-0.25, -0.2) is 9.97 Å². The van der Waals surface area contributed by atoms with Gasteiger partial charge in [-0.1, -0.05) is 5.92 Å². The Morgan fingerprint density at radius 1 is 0.944 bits per heavy atom. The molecule has 1 aromatic heterocycles. The van der Waals surface area contributed by atoms with Gasteiger partial charge in [0.2, 0.25) is 5.82 Å². The van der Waals surface area contributed by atoms with Gasteiger partial charge in [0, 0.05) is 18.0 Å². The lowest BCUT2D eigenvalue weighted by Crippen LogP contribution is -1.84. The van der Waals surface area contributed by atoms with E-state index in [0.717, 1.165) is 11.3 Å². The van der Waals surface area contributed by atoms with Crippen molar-refractivity contribution in [3.63, 3.8) is 0 Å². The second-order valence-electron chi connectivity index (χ2n) is 3.30. The van der Waals surface area contributed by atoms with Gasteiger partial charge in [0.05, 0.1) is 7.11 Å². The molecule has 3 nitrogen and oxygen atoms in total. The monoisotopic (exact) mass is 234 g/mol. The van der Waals surface area contributed by atoms with Crippen molar-refractivity contribution >= 4 is 0 Å². The molecule has 3 heteroatoms. The highest BCUT2D eigenvalue weighted by atomic mass is 16.5. The van der Waals surface area contributed by atoms with Crippen LogP contribution in [0.5, 0.6) is 5.75 Å². The predicted octanol–water partition coefficient (Wildman–Crippen LogP) is 1.89. The van der Waals surface area contributed by atoms with Gasteiger partial charge in [-0.2, -0.15) is 0 Å². The topological polar surface area (TPSA) is 35.0 Å². The van der Waals surface area contributed by atoms with E-state index in [2.05, 4.69) is 33.6 Å². The Labute approximate surface area is 106 Å². The number of hydrogen-bond acceptors (Lipinski definition) is 3. The summed E-state index contributed by atoms with van der Waals surface area (Å²) in [6, 6.07) is 9.22. The maximum absolute atomic E-state index is 5.06. The van der Waals surface area contributed by atoms with Crippen molar-refractivity contribution in [2.75, 3.05) is 7.11 Å². The van der Waals surface area contributed by atoms with Crippen LogP contribution >= 0.6 is 0 Å². The van der Waals surface area contributed by atoms with Crippen LogP contribution in [0.15, 0.2) is 42.7 Å². The Kier molecular flexibility index (Phi) is 3.95. The van der Waals surface area contributed by atoms with Crippen molar-refractivity contribution in [3.05, 3.63) is 54.1 Å². The number of methoxy groups -OCH3 is 1. The molecular weight excluding hydrogens is 224 g/mol. The molecule has 0 saturated heterocycles. The fourth-order valence-electron chi connectivity index (χ4n) is 1.23. The average Bonchev–Trinajstić information content (AvgIpc) is 2.45. The molecule has 0 spiro atoms. The summed E-state index contributed by atoms with van der Waals surface area (Å²) in [5, 5.41) is 0. The van der Waals surface area contributed by atoms with Gasteiger partial charge in [0.15, 0.2) is 0 Å². The van der Waals surface area contributed by atoms with E-state index < -0.39 is 0 Å². The summed E-state index contributed by atoms with van der Waals surface area (Å²) in [5.74, 6) is 12.4. The third kappa shape index (κ3) is 3.37. The fourth-order valence-corrected chi connectivity index (χ4v) is 1.23. The van der Waals surface area contributed by atoms with Gasteiger partial charge in [-0.05, 0) is 48.1 Å². The molecule has 0 aliphatic rings. The number of ether oxygens (including phenoxy) is 1. The molecule has 0 atom stereocenters. The van der Waals surface area contributed by atoms with E-state index in [9.17, 15) is 0 Å². The molecule has 0 unspecified atom stereocenters. The maximum Gasteiger partial charge on any atom is 0.205 e. The van der Waals surface area contributed by atoms with Crippen molar-refractivity contribution < 1.29 is 4.74 Å². The third-order valence-corrected chi connectivity index (χ3v) is 2.10. The molecule has 0 fully saturated rings. The zero-order valence-electron chi connectivity index (χ0n) is 9.84. The molecule has 0 aliphatic carbocycles. The zero-order chi connectivity index (χ0) is 12.6. The van der Waals surface area contributed by atoms with Crippen LogP contribution in [0.2, 0.25) is 0 Å². The Hall–Kier alpha value is -2.78. The summed E-state index contributed by atoms with van der Waals surface area (Å²) in [6.07, 6.45) is 3.29. The summed E-state index contributed by atoms with van der Waals surface area (Å²) < 4.78 is 5.06. The first-order chi connectivity index (χ1) is 8.88. The minimum Gasteiger partial charge on any atom is -0.497 e. The minimum atomic E-state index is 0.474. The van der Waals surface area contributed by atoms with E-state index >= 15 is 0 Å². The second-order valence-corrected chi connectivity index (χ2v) is 3.30. The summed E-state index contributed by atoms with van der Waals surface area (Å²) in [5.41, 5.74) is 0.888. The highest BCUT2D eigenvalue weighted by molar-refractivity contribution is 5.43. The predicted molar refractivity (Wildman–Crippen MR) is 68.8 cm³/mol. The van der Waals surface area contributed by atoms with Crippen molar-refractivity contribution in [2.24, 2.45) is 0 Å². The first kappa shape index (κ1) is 11.7. The van der Waals surface area contributed by atoms with Gasteiger partial charge in [-0.3, -0.25) is 0 Å². The Balaban J connectivity index is 2.06. The smallest absolute Gasteiger partial charge is 0.205 e. The molecule has 2 aromatic rings. The number of benzene rings is 1. The van der Waals surface area contributed by atoms with E-state index in [-0.39, 0.29) is 0 Å². The molecule has 0 saturated carbocycles. The molecule has 0 aliphatic heterocycles. The largest absolute Gasteiger partial charge is 0.497 e. The van der Waals surface area contributed by atoms with Gasteiger partial charge in [-0.15, -0.1) is 0 Å². The van der Waals surface area contributed by atoms with Crippen LogP contribution in [-0.2, 0) is 0 Å². The molecule has 0 N–H and O–H groups in total. The van der Waals surface area contributed by atoms with Crippen LogP contribution in [0.3, 0.4) is 0 Å². The number of nitrogens with zero attached hydrogens (tertiary/aromatic N) is 2. The zero-order valence-corrected chi connectivity index (χ0v) is 9.84. The lowest BCUT2D eigenvalue weighted by Gasteiger charge is -1.96. The second kappa shape index (κ2) is 6.08. The Bertz CT molecular complexity index is 625.